The van der Waals surface area contributed by atoms with Crippen LogP contribution in [-0.4, -0.2) is 20.1 Å². The molecule has 0 amide bonds. The number of ether oxygens (including phenoxy) is 1. The van der Waals surface area contributed by atoms with Crippen molar-refractivity contribution in [3.63, 3.8) is 0 Å². The molecule has 0 aliphatic rings. The number of nitrogens with zero attached hydrogens (tertiary/aromatic N) is 1. The number of hydrogen-bond acceptors (Lipinski definition) is 5. The van der Waals surface area contributed by atoms with Gasteiger partial charge in [0.1, 0.15) is 5.75 Å². The van der Waals surface area contributed by atoms with Gasteiger partial charge in [0.25, 0.3) is 0 Å². The lowest BCUT2D eigenvalue weighted by Crippen LogP contribution is -2.29. The lowest BCUT2D eigenvalue weighted by molar-refractivity contribution is 0.414. The van der Waals surface area contributed by atoms with E-state index >= 15 is 0 Å². The van der Waals surface area contributed by atoms with Crippen LogP contribution in [0.4, 0.5) is 0 Å². The number of methoxy groups -OCH3 is 1. The molecule has 0 bridgehead atoms. The van der Waals surface area contributed by atoms with Crippen LogP contribution in [0.3, 0.4) is 0 Å². The predicted octanol–water partition coefficient (Wildman–Crippen LogP) is 3.67. The van der Waals surface area contributed by atoms with Crippen LogP contribution in [0.2, 0.25) is 0 Å². The molecule has 8 heteroatoms. The van der Waals surface area contributed by atoms with E-state index in [0.717, 1.165) is 28.2 Å². The third-order valence-corrected chi connectivity index (χ3v) is 7.06. The van der Waals surface area contributed by atoms with Crippen LogP contribution in [0.5, 0.6) is 5.75 Å². The number of nitrogens with one attached hydrogen (secondary N) is 1. The third-order valence-electron chi connectivity index (χ3n) is 4.60. The molecule has 2 aromatic carbocycles. The van der Waals surface area contributed by atoms with Gasteiger partial charge < -0.3 is 9.30 Å². The van der Waals surface area contributed by atoms with Gasteiger partial charge in [-0.1, -0.05) is 37.3 Å². The Kier molecular flexibility index (Phi) is 5.92. The van der Waals surface area contributed by atoms with Crippen LogP contribution in [0.1, 0.15) is 31.9 Å². The first kappa shape index (κ1) is 20.6. The van der Waals surface area contributed by atoms with Gasteiger partial charge in [-0.25, -0.2) is 13.1 Å². The minimum Gasteiger partial charge on any atom is -0.497 e. The Labute approximate surface area is 168 Å². The van der Waals surface area contributed by atoms with Crippen LogP contribution < -0.4 is 14.3 Å². The van der Waals surface area contributed by atoms with Crippen molar-refractivity contribution in [3.8, 4) is 5.75 Å². The largest absolute Gasteiger partial charge is 0.497 e. The van der Waals surface area contributed by atoms with E-state index in [1.807, 2.05) is 24.3 Å². The molecule has 0 spiro atoms. The summed E-state index contributed by atoms with van der Waals surface area (Å²) >= 11 is 1.04. The Hall–Kier alpha value is -2.16. The average Bonchev–Trinajstić information content (AvgIpc) is 2.94. The summed E-state index contributed by atoms with van der Waals surface area (Å²) in [5.41, 5.74) is 1.60. The number of aryl methyl sites for hydroxylation is 1. The molecule has 1 N–H and O–H groups in total. The monoisotopic (exact) mass is 420 g/mol. The van der Waals surface area contributed by atoms with Gasteiger partial charge in [-0.15, -0.1) is 0 Å². The van der Waals surface area contributed by atoms with Crippen molar-refractivity contribution in [2.24, 2.45) is 13.0 Å². The topological polar surface area (TPSA) is 77.4 Å². The normalized spacial score (nSPS) is 13.2. The molecule has 0 aliphatic carbocycles. The van der Waals surface area contributed by atoms with E-state index in [2.05, 4.69) is 18.6 Å². The quantitative estimate of drug-likeness (QED) is 0.633. The number of rotatable bonds is 7. The number of benzene rings is 2. The zero-order valence-corrected chi connectivity index (χ0v) is 17.9. The lowest BCUT2D eigenvalue weighted by Gasteiger charge is -2.21. The third kappa shape index (κ3) is 4.29. The van der Waals surface area contributed by atoms with Crippen LogP contribution >= 0.6 is 11.3 Å². The van der Waals surface area contributed by atoms with E-state index in [1.54, 1.807) is 26.3 Å². The predicted molar refractivity (Wildman–Crippen MR) is 113 cm³/mol. The summed E-state index contributed by atoms with van der Waals surface area (Å²) in [7, 11) is -0.479. The SMILES string of the molecule is COc1ccc(C(CC(C)C)NS(=O)(=O)c2ccc3c(c2)sc(=O)n3C)cc1. The van der Waals surface area contributed by atoms with Crippen molar-refractivity contribution in [1.29, 1.82) is 0 Å². The van der Waals surface area contributed by atoms with Crippen molar-refractivity contribution in [1.82, 2.24) is 9.29 Å². The molecule has 150 valence electrons. The van der Waals surface area contributed by atoms with Crippen LogP contribution in [0, 0.1) is 5.92 Å². The second kappa shape index (κ2) is 8.06. The first-order valence-electron chi connectivity index (χ1n) is 8.97. The first-order chi connectivity index (χ1) is 13.2. The molecule has 1 heterocycles. The van der Waals surface area contributed by atoms with Gasteiger partial charge in [-0.05, 0) is 48.2 Å². The molecule has 0 saturated carbocycles. The Morgan fingerprint density at radius 3 is 2.43 bits per heavy atom. The number of thiazole rings is 1. The zero-order chi connectivity index (χ0) is 20.5. The second-order valence-corrected chi connectivity index (χ2v) is 9.84. The second-order valence-electron chi connectivity index (χ2n) is 7.13. The first-order valence-corrected chi connectivity index (χ1v) is 11.3. The minimum absolute atomic E-state index is 0.117. The number of aromatic nitrogens is 1. The fourth-order valence-electron chi connectivity index (χ4n) is 3.10. The highest BCUT2D eigenvalue weighted by Gasteiger charge is 2.23. The van der Waals surface area contributed by atoms with E-state index in [1.165, 1.54) is 10.6 Å². The van der Waals surface area contributed by atoms with Crippen molar-refractivity contribution in [3.05, 3.63) is 57.7 Å². The molecule has 0 radical (unpaired) electrons. The van der Waals surface area contributed by atoms with Gasteiger partial charge >= 0.3 is 4.87 Å². The van der Waals surface area contributed by atoms with Gasteiger partial charge in [0, 0.05) is 13.1 Å². The molecule has 3 aromatic rings. The summed E-state index contributed by atoms with van der Waals surface area (Å²) in [6.07, 6.45) is 0.659. The maximum atomic E-state index is 13.0. The molecule has 1 unspecified atom stereocenters. The molecular formula is C20H24N2O4S2. The maximum absolute atomic E-state index is 13.0. The average molecular weight is 421 g/mol. The Balaban J connectivity index is 1.95. The number of hydrogen-bond donors (Lipinski definition) is 1. The Morgan fingerprint density at radius 1 is 1.14 bits per heavy atom. The van der Waals surface area contributed by atoms with Gasteiger partial charge in [-0.3, -0.25) is 4.79 Å². The van der Waals surface area contributed by atoms with Crippen molar-refractivity contribution in [2.45, 2.75) is 31.2 Å². The van der Waals surface area contributed by atoms with Crippen LogP contribution in [0.25, 0.3) is 10.2 Å². The van der Waals surface area contributed by atoms with E-state index in [9.17, 15) is 13.2 Å². The van der Waals surface area contributed by atoms with Gasteiger partial charge in [0.05, 0.1) is 22.2 Å². The molecule has 0 fully saturated rings. The van der Waals surface area contributed by atoms with Crippen LogP contribution in [-0.2, 0) is 17.1 Å². The molecule has 1 atom stereocenters. The highest BCUT2D eigenvalue weighted by molar-refractivity contribution is 7.89. The molecule has 3 rings (SSSR count). The van der Waals surface area contributed by atoms with Gasteiger partial charge in [-0.2, -0.15) is 0 Å². The molecule has 28 heavy (non-hydrogen) atoms. The van der Waals surface area contributed by atoms with Crippen molar-refractivity contribution in [2.75, 3.05) is 7.11 Å². The van der Waals surface area contributed by atoms with E-state index in [0.29, 0.717) is 17.0 Å². The van der Waals surface area contributed by atoms with Gasteiger partial charge in [0.2, 0.25) is 10.0 Å². The van der Waals surface area contributed by atoms with Gasteiger partial charge in [0.15, 0.2) is 0 Å². The van der Waals surface area contributed by atoms with Crippen LogP contribution in [0.15, 0.2) is 52.2 Å². The molecular weight excluding hydrogens is 396 g/mol. The highest BCUT2D eigenvalue weighted by atomic mass is 32.2. The minimum atomic E-state index is -3.75. The van der Waals surface area contributed by atoms with E-state index in [4.69, 9.17) is 4.74 Å². The zero-order valence-electron chi connectivity index (χ0n) is 16.3. The highest BCUT2D eigenvalue weighted by Crippen LogP contribution is 2.27. The molecule has 0 aliphatic heterocycles. The fourth-order valence-corrected chi connectivity index (χ4v) is 5.35. The summed E-state index contributed by atoms with van der Waals surface area (Å²) in [5, 5.41) is 0. The Morgan fingerprint density at radius 2 is 1.82 bits per heavy atom. The smallest absolute Gasteiger partial charge is 0.307 e. The Bertz CT molecular complexity index is 1130. The summed E-state index contributed by atoms with van der Waals surface area (Å²) in [6, 6.07) is 11.8. The molecule has 6 nitrogen and oxygen atoms in total. The summed E-state index contributed by atoms with van der Waals surface area (Å²) in [6.45, 7) is 4.11. The van der Waals surface area contributed by atoms with Crippen molar-refractivity contribution >= 4 is 31.6 Å². The standard InChI is InChI=1S/C20H24N2O4S2/c1-13(2)11-17(14-5-7-15(26-4)8-6-14)21-28(24,25)16-9-10-18-19(12-16)27-20(23)22(18)3/h5-10,12-13,17,21H,11H2,1-4H3. The van der Waals surface area contributed by atoms with Crippen molar-refractivity contribution < 1.29 is 13.2 Å². The molecule has 0 saturated heterocycles. The van der Waals surface area contributed by atoms with E-state index in [-0.39, 0.29) is 15.8 Å². The van der Waals surface area contributed by atoms with E-state index < -0.39 is 10.0 Å². The summed E-state index contributed by atoms with van der Waals surface area (Å²) < 4.78 is 36.3. The fraction of sp³-hybridized carbons (Fsp3) is 0.350. The number of fused-ring (bicyclic) bond motifs is 1. The molecule has 1 aromatic heterocycles. The summed E-state index contributed by atoms with van der Waals surface area (Å²) in [4.78, 5) is 11.9. The number of sulfonamides is 1. The summed E-state index contributed by atoms with van der Waals surface area (Å²) in [5.74, 6) is 1.02. The lowest BCUT2D eigenvalue weighted by atomic mass is 9.98. The maximum Gasteiger partial charge on any atom is 0.307 e.